The highest BCUT2D eigenvalue weighted by Crippen LogP contribution is 2.30. The standard InChI is InChI=1S/C28H30ClN9O6/c1-2-3-10-23-30-25(29)24(28(41)43-17-44-35-38(42)37-15-6-9-22(37)27(39)40)36(23)16-18-11-13-19(14-12-18)20-7-4-5-8-21(20)26-31-33-34-32-26/h4-5,7-8,11-14,22H,2-3,6,9-10,15-17H2,1H3,(H,39,40)(H,31,32,33,34)/b38-35-/t22-/m0/s1. The van der Waals surface area contributed by atoms with Gasteiger partial charge in [0, 0.05) is 18.5 Å². The fraction of sp³-hybridized carbons (Fsp3) is 0.357. The molecule has 0 radical (unpaired) electrons. The van der Waals surface area contributed by atoms with Crippen molar-refractivity contribution >= 4 is 23.5 Å². The number of carbonyl (C=O) groups is 2. The number of carboxylic acids is 1. The number of unbranched alkanes of at least 4 members (excludes halogenated alkanes) is 1. The second-order valence-corrected chi connectivity index (χ2v) is 10.4. The first-order valence-electron chi connectivity index (χ1n) is 14.0. The monoisotopic (exact) mass is 623 g/mol. The molecule has 2 aromatic heterocycles. The number of carboxylic acid groups (broad SMARTS) is 1. The molecule has 1 atom stereocenters. The Bertz CT molecular complexity index is 1620. The van der Waals surface area contributed by atoms with Crippen LogP contribution in [0.5, 0.6) is 0 Å². The van der Waals surface area contributed by atoms with Crippen molar-refractivity contribution in [2.75, 3.05) is 13.3 Å². The maximum Gasteiger partial charge on any atom is 0.361 e. The highest BCUT2D eigenvalue weighted by molar-refractivity contribution is 6.32. The van der Waals surface area contributed by atoms with Crippen LogP contribution in [0.4, 0.5) is 0 Å². The van der Waals surface area contributed by atoms with E-state index in [4.69, 9.17) is 21.2 Å². The normalized spacial score (nSPS) is 15.0. The van der Waals surface area contributed by atoms with Gasteiger partial charge in [0.15, 0.2) is 16.9 Å². The Hall–Kier alpha value is -5.05. The van der Waals surface area contributed by atoms with Gasteiger partial charge in [-0.15, -0.1) is 15.2 Å². The number of hydrogen-bond acceptors (Lipinski definition) is 10. The van der Waals surface area contributed by atoms with Gasteiger partial charge in [0.05, 0.1) is 11.5 Å². The number of nitrogens with one attached hydrogen (secondary N) is 1. The smallest absolute Gasteiger partial charge is 0.361 e. The zero-order chi connectivity index (χ0) is 31.1. The zero-order valence-corrected chi connectivity index (χ0v) is 24.6. The third kappa shape index (κ3) is 6.78. The SMILES string of the molecule is CCCCc1nc(Cl)c(C(=O)OCO/N=[N+](\[O-])N2CCC[C@H]2C(=O)O)n1Cc1ccc(-c2ccccc2-c2nn[nH]n2)cc1. The number of hydrazine groups is 1. The van der Waals surface area contributed by atoms with Crippen LogP contribution < -0.4 is 0 Å². The topological polar surface area (TPSA) is 187 Å². The molecule has 0 amide bonds. The Labute approximate surface area is 256 Å². The lowest BCUT2D eigenvalue weighted by Gasteiger charge is -2.16. The van der Waals surface area contributed by atoms with Crippen molar-refractivity contribution in [3.05, 3.63) is 76.0 Å². The fourth-order valence-electron chi connectivity index (χ4n) is 5.01. The summed E-state index contributed by atoms with van der Waals surface area (Å²) >= 11 is 6.42. The Balaban J connectivity index is 1.30. The number of nitrogens with zero attached hydrogens (tertiary/aromatic N) is 8. The van der Waals surface area contributed by atoms with E-state index in [0.29, 0.717) is 37.5 Å². The van der Waals surface area contributed by atoms with Crippen LogP contribution in [0.3, 0.4) is 0 Å². The lowest BCUT2D eigenvalue weighted by Crippen LogP contribution is -2.40. The minimum absolute atomic E-state index is 0.0180. The number of hydrogen-bond donors (Lipinski definition) is 2. The lowest BCUT2D eigenvalue weighted by molar-refractivity contribution is -0.712. The highest BCUT2D eigenvalue weighted by Gasteiger charge is 2.37. The Morgan fingerprint density at radius 2 is 1.98 bits per heavy atom. The fourth-order valence-corrected chi connectivity index (χ4v) is 5.29. The van der Waals surface area contributed by atoms with E-state index in [0.717, 1.165) is 40.1 Å². The van der Waals surface area contributed by atoms with Gasteiger partial charge in [-0.3, -0.25) is 0 Å². The summed E-state index contributed by atoms with van der Waals surface area (Å²) in [7, 11) is 0. The first-order valence-corrected chi connectivity index (χ1v) is 14.4. The minimum Gasteiger partial charge on any atom is -0.569 e. The summed E-state index contributed by atoms with van der Waals surface area (Å²) in [5, 5.41) is 40.1. The number of esters is 1. The lowest BCUT2D eigenvalue weighted by atomic mass is 9.98. The third-order valence-electron chi connectivity index (χ3n) is 7.17. The molecule has 230 valence electrons. The van der Waals surface area contributed by atoms with Crippen LogP contribution in [0.2, 0.25) is 5.15 Å². The summed E-state index contributed by atoms with van der Waals surface area (Å²) in [5.74, 6) is -0.828. The Kier molecular flexibility index (Phi) is 9.64. The molecule has 15 nitrogen and oxygen atoms in total. The van der Waals surface area contributed by atoms with Gasteiger partial charge in [0.1, 0.15) is 5.82 Å². The molecule has 44 heavy (non-hydrogen) atoms. The number of aryl methyl sites for hydroxylation is 1. The number of ether oxygens (including phenoxy) is 1. The van der Waals surface area contributed by atoms with Gasteiger partial charge in [-0.2, -0.15) is 5.21 Å². The molecule has 3 heterocycles. The molecular weight excluding hydrogens is 594 g/mol. The van der Waals surface area contributed by atoms with Crippen LogP contribution in [0, 0.1) is 5.21 Å². The summed E-state index contributed by atoms with van der Waals surface area (Å²) in [6, 6.07) is 14.6. The highest BCUT2D eigenvalue weighted by atomic mass is 35.5. The van der Waals surface area contributed by atoms with Crippen molar-refractivity contribution in [3.8, 4) is 22.5 Å². The first-order chi connectivity index (χ1) is 21.4. The maximum atomic E-state index is 13.1. The molecule has 2 N–H and O–H groups in total. The molecule has 1 saturated heterocycles. The molecule has 5 rings (SSSR count). The first kappa shape index (κ1) is 30.4. The second kappa shape index (κ2) is 13.9. The maximum absolute atomic E-state index is 13.1. The quantitative estimate of drug-likeness (QED) is 0.0541. The van der Waals surface area contributed by atoms with E-state index in [9.17, 15) is 19.9 Å². The molecule has 0 aliphatic carbocycles. The van der Waals surface area contributed by atoms with Crippen LogP contribution >= 0.6 is 11.6 Å². The van der Waals surface area contributed by atoms with Crippen LogP contribution in [0.25, 0.3) is 22.5 Å². The second-order valence-electron chi connectivity index (χ2n) is 10.0. The number of rotatable bonds is 13. The van der Waals surface area contributed by atoms with E-state index in [1.54, 1.807) is 4.57 Å². The molecule has 0 unspecified atom stereocenters. The minimum atomic E-state index is -1.13. The van der Waals surface area contributed by atoms with E-state index in [1.165, 1.54) is 0 Å². The largest absolute Gasteiger partial charge is 0.569 e. The van der Waals surface area contributed by atoms with Crippen molar-refractivity contribution < 1.29 is 29.2 Å². The predicted octanol–water partition coefficient (Wildman–Crippen LogP) is 4.25. The van der Waals surface area contributed by atoms with Gasteiger partial charge in [-0.1, -0.05) is 73.5 Å². The third-order valence-corrected chi connectivity index (χ3v) is 7.43. The molecule has 1 fully saturated rings. The molecule has 0 bridgehead atoms. The number of aromatic amines is 1. The van der Waals surface area contributed by atoms with Crippen LogP contribution in [-0.2, 0) is 27.3 Å². The van der Waals surface area contributed by atoms with E-state index in [1.807, 2.05) is 48.5 Å². The molecule has 4 aromatic rings. The van der Waals surface area contributed by atoms with Gasteiger partial charge in [-0.25, -0.2) is 14.6 Å². The van der Waals surface area contributed by atoms with Crippen molar-refractivity contribution in [2.45, 2.75) is 51.6 Å². The van der Waals surface area contributed by atoms with Crippen molar-refractivity contribution in [1.82, 2.24) is 35.2 Å². The molecule has 1 aliphatic rings. The molecule has 0 saturated carbocycles. The van der Waals surface area contributed by atoms with Crippen molar-refractivity contribution in [1.29, 1.82) is 0 Å². The van der Waals surface area contributed by atoms with E-state index in [2.05, 4.69) is 37.8 Å². The summed E-state index contributed by atoms with van der Waals surface area (Å²) < 4.78 is 6.91. The van der Waals surface area contributed by atoms with Crippen molar-refractivity contribution in [2.24, 2.45) is 5.28 Å². The number of halogens is 1. The van der Waals surface area contributed by atoms with Crippen LogP contribution in [0.15, 0.2) is 53.8 Å². The number of aliphatic carboxylic acids is 1. The Morgan fingerprint density at radius 1 is 1.20 bits per heavy atom. The number of aromatic nitrogens is 6. The number of H-pyrrole nitrogens is 1. The average molecular weight is 624 g/mol. The predicted molar refractivity (Wildman–Crippen MR) is 155 cm³/mol. The van der Waals surface area contributed by atoms with Gasteiger partial charge in [0.25, 0.3) is 6.79 Å². The number of carbonyl (C=O) groups excluding carboxylic acids is 1. The summed E-state index contributed by atoms with van der Waals surface area (Å²) in [5.41, 5.74) is 3.64. The van der Waals surface area contributed by atoms with Gasteiger partial charge in [-0.05, 0) is 41.2 Å². The Morgan fingerprint density at radius 3 is 2.68 bits per heavy atom. The zero-order valence-electron chi connectivity index (χ0n) is 23.8. The van der Waals surface area contributed by atoms with Gasteiger partial charge < -0.3 is 24.5 Å². The molecule has 2 aromatic carbocycles. The summed E-state index contributed by atoms with van der Waals surface area (Å²) in [6.45, 7) is 1.87. The number of imidazole rings is 1. The molecule has 0 spiro atoms. The molecule has 1 aliphatic heterocycles. The van der Waals surface area contributed by atoms with E-state index < -0.39 is 24.8 Å². The molecule has 16 heteroatoms. The van der Waals surface area contributed by atoms with Crippen LogP contribution in [0.1, 0.15) is 54.5 Å². The number of benzene rings is 2. The van der Waals surface area contributed by atoms with E-state index >= 15 is 0 Å². The van der Waals surface area contributed by atoms with Gasteiger partial charge in [0.2, 0.25) is 11.1 Å². The van der Waals surface area contributed by atoms with Gasteiger partial charge >= 0.3 is 11.9 Å². The summed E-state index contributed by atoms with van der Waals surface area (Å²) in [6.07, 6.45) is 3.19. The molecular formula is C28H30ClN9O6. The van der Waals surface area contributed by atoms with Crippen LogP contribution in [-0.4, -0.2) is 76.6 Å². The van der Waals surface area contributed by atoms with E-state index in [-0.39, 0.29) is 22.4 Å². The van der Waals surface area contributed by atoms with Crippen molar-refractivity contribution in [3.63, 3.8) is 0 Å². The summed E-state index contributed by atoms with van der Waals surface area (Å²) in [4.78, 5) is 33.8. The number of tetrazole rings is 1. The average Bonchev–Trinajstić information content (AvgIpc) is 3.80.